The van der Waals surface area contributed by atoms with Crippen molar-refractivity contribution in [3.8, 4) is 0 Å². The summed E-state index contributed by atoms with van der Waals surface area (Å²) in [5.41, 5.74) is 3.86. The first-order valence-electron chi connectivity index (χ1n) is 8.67. The number of carbonyl (C=O) groups excluding carboxylic acids is 1. The van der Waals surface area contributed by atoms with Crippen molar-refractivity contribution in [2.24, 2.45) is 0 Å². The molecule has 4 nitrogen and oxygen atoms in total. The summed E-state index contributed by atoms with van der Waals surface area (Å²) in [7, 11) is 0. The molecule has 0 bridgehead atoms. The summed E-state index contributed by atoms with van der Waals surface area (Å²) in [6, 6.07) is 10.0. The van der Waals surface area contributed by atoms with Gasteiger partial charge < -0.3 is 10.1 Å². The highest BCUT2D eigenvalue weighted by Gasteiger charge is 2.25. The molecule has 0 unspecified atom stereocenters. The lowest BCUT2D eigenvalue weighted by atomic mass is 10.0. The number of amides is 1. The Labute approximate surface area is 147 Å². The second kappa shape index (κ2) is 8.40. The van der Waals surface area contributed by atoms with Gasteiger partial charge in [0.15, 0.2) is 0 Å². The molecule has 1 aliphatic rings. The molecular formula is C19H24N2O2S. The van der Waals surface area contributed by atoms with Gasteiger partial charge in [-0.05, 0) is 25.3 Å². The first-order chi connectivity index (χ1) is 11.8. The molecule has 24 heavy (non-hydrogen) atoms. The first-order valence-corrected chi connectivity index (χ1v) is 9.55. The van der Waals surface area contributed by atoms with Crippen molar-refractivity contribution < 1.29 is 9.53 Å². The molecule has 3 rings (SSSR count). The fourth-order valence-corrected chi connectivity index (χ4v) is 4.11. The van der Waals surface area contributed by atoms with E-state index in [-0.39, 0.29) is 12.0 Å². The van der Waals surface area contributed by atoms with Crippen LogP contribution in [-0.2, 0) is 4.74 Å². The molecular weight excluding hydrogens is 320 g/mol. The zero-order valence-corrected chi connectivity index (χ0v) is 14.8. The number of carbonyl (C=O) groups is 1. The number of rotatable bonds is 7. The fraction of sp³-hybridized carbons (Fsp3) is 0.474. The van der Waals surface area contributed by atoms with E-state index in [4.69, 9.17) is 4.74 Å². The SMILES string of the molecule is CCO[C@H](CNC(=O)c1scnc1C1CCCC1)c1ccccc1. The van der Waals surface area contributed by atoms with Crippen LogP contribution in [0.2, 0.25) is 0 Å². The van der Waals surface area contributed by atoms with Crippen LogP contribution in [0.3, 0.4) is 0 Å². The van der Waals surface area contributed by atoms with Crippen molar-refractivity contribution in [3.63, 3.8) is 0 Å². The third kappa shape index (κ3) is 4.02. The van der Waals surface area contributed by atoms with Crippen LogP contribution in [0.25, 0.3) is 0 Å². The van der Waals surface area contributed by atoms with Crippen LogP contribution in [0.15, 0.2) is 35.8 Å². The number of hydrogen-bond acceptors (Lipinski definition) is 4. The lowest BCUT2D eigenvalue weighted by molar-refractivity contribution is 0.0586. The van der Waals surface area contributed by atoms with Gasteiger partial charge >= 0.3 is 0 Å². The number of thiazole rings is 1. The zero-order valence-electron chi connectivity index (χ0n) is 14.0. The van der Waals surface area contributed by atoms with E-state index < -0.39 is 0 Å². The second-order valence-electron chi connectivity index (χ2n) is 6.11. The predicted molar refractivity (Wildman–Crippen MR) is 96.5 cm³/mol. The molecule has 0 saturated heterocycles. The number of aromatic nitrogens is 1. The number of nitrogens with zero attached hydrogens (tertiary/aromatic N) is 1. The van der Waals surface area contributed by atoms with E-state index in [2.05, 4.69) is 10.3 Å². The van der Waals surface area contributed by atoms with Gasteiger partial charge in [-0.1, -0.05) is 43.2 Å². The Morgan fingerprint density at radius 3 is 2.79 bits per heavy atom. The van der Waals surface area contributed by atoms with E-state index in [0.717, 1.165) is 29.0 Å². The van der Waals surface area contributed by atoms with Gasteiger partial charge in [0.2, 0.25) is 0 Å². The average molecular weight is 344 g/mol. The molecule has 0 spiro atoms. The quantitative estimate of drug-likeness (QED) is 0.814. The minimum atomic E-state index is -0.122. The molecule has 1 aromatic heterocycles. The number of benzene rings is 1. The van der Waals surface area contributed by atoms with Gasteiger partial charge in [0.1, 0.15) is 4.88 Å². The molecule has 1 heterocycles. The average Bonchev–Trinajstić information content (AvgIpc) is 3.29. The summed E-state index contributed by atoms with van der Waals surface area (Å²) in [6.45, 7) is 3.06. The van der Waals surface area contributed by atoms with E-state index in [1.54, 1.807) is 5.51 Å². The molecule has 1 saturated carbocycles. The van der Waals surface area contributed by atoms with Crippen LogP contribution in [-0.4, -0.2) is 24.0 Å². The highest BCUT2D eigenvalue weighted by atomic mass is 32.1. The monoisotopic (exact) mass is 344 g/mol. The second-order valence-corrected chi connectivity index (χ2v) is 6.97. The minimum Gasteiger partial charge on any atom is -0.372 e. The van der Waals surface area contributed by atoms with Crippen LogP contribution in [0.1, 0.15) is 65.6 Å². The van der Waals surface area contributed by atoms with E-state index in [0.29, 0.717) is 19.1 Å². The fourth-order valence-electron chi connectivity index (χ4n) is 3.32. The largest absolute Gasteiger partial charge is 0.372 e. The van der Waals surface area contributed by atoms with Crippen LogP contribution >= 0.6 is 11.3 Å². The number of ether oxygens (including phenoxy) is 1. The molecule has 5 heteroatoms. The van der Waals surface area contributed by atoms with E-state index >= 15 is 0 Å². The van der Waals surface area contributed by atoms with Crippen LogP contribution in [0, 0.1) is 0 Å². The summed E-state index contributed by atoms with van der Waals surface area (Å²) in [4.78, 5) is 17.9. The maximum absolute atomic E-state index is 12.6. The Bertz CT molecular complexity index is 650. The minimum absolute atomic E-state index is 0.0277. The summed E-state index contributed by atoms with van der Waals surface area (Å²) in [5, 5.41) is 3.04. The van der Waals surface area contributed by atoms with Gasteiger partial charge in [-0.3, -0.25) is 4.79 Å². The van der Waals surface area contributed by atoms with Crippen molar-refractivity contribution in [3.05, 3.63) is 52.0 Å². The summed E-state index contributed by atoms with van der Waals surface area (Å²) >= 11 is 1.44. The van der Waals surface area contributed by atoms with Gasteiger partial charge in [0.05, 0.1) is 17.3 Å². The van der Waals surface area contributed by atoms with Gasteiger partial charge in [0.25, 0.3) is 5.91 Å². The third-order valence-electron chi connectivity index (χ3n) is 4.53. The normalized spacial score (nSPS) is 16.2. The summed E-state index contributed by atoms with van der Waals surface area (Å²) in [6.07, 6.45) is 4.65. The number of nitrogens with one attached hydrogen (secondary N) is 1. The van der Waals surface area contributed by atoms with Crippen LogP contribution in [0.5, 0.6) is 0 Å². The molecule has 2 aromatic rings. The topological polar surface area (TPSA) is 51.2 Å². The summed E-state index contributed by atoms with van der Waals surface area (Å²) in [5.74, 6) is 0.425. The van der Waals surface area contributed by atoms with Crippen molar-refractivity contribution in [1.29, 1.82) is 0 Å². The van der Waals surface area contributed by atoms with Gasteiger partial charge in [-0.25, -0.2) is 4.98 Å². The van der Waals surface area contributed by atoms with E-state index in [1.165, 1.54) is 24.2 Å². The maximum atomic E-state index is 12.6. The number of hydrogen-bond donors (Lipinski definition) is 1. The Morgan fingerprint density at radius 2 is 2.08 bits per heavy atom. The van der Waals surface area contributed by atoms with Crippen LogP contribution in [0.4, 0.5) is 0 Å². The van der Waals surface area contributed by atoms with Crippen molar-refractivity contribution >= 4 is 17.2 Å². The van der Waals surface area contributed by atoms with Gasteiger partial charge in [-0.15, -0.1) is 11.3 Å². The molecule has 1 aliphatic carbocycles. The molecule has 1 fully saturated rings. The van der Waals surface area contributed by atoms with E-state index in [9.17, 15) is 4.79 Å². The zero-order chi connectivity index (χ0) is 16.8. The Hall–Kier alpha value is -1.72. The van der Waals surface area contributed by atoms with Gasteiger partial charge in [-0.2, -0.15) is 0 Å². The Morgan fingerprint density at radius 1 is 1.33 bits per heavy atom. The Balaban J connectivity index is 1.65. The lowest BCUT2D eigenvalue weighted by Crippen LogP contribution is -2.29. The van der Waals surface area contributed by atoms with Crippen molar-refractivity contribution in [2.45, 2.75) is 44.6 Å². The molecule has 128 valence electrons. The first kappa shape index (κ1) is 17.1. The molecule has 1 aromatic carbocycles. The van der Waals surface area contributed by atoms with Crippen molar-refractivity contribution in [1.82, 2.24) is 10.3 Å². The lowest BCUT2D eigenvalue weighted by Gasteiger charge is -2.18. The van der Waals surface area contributed by atoms with E-state index in [1.807, 2.05) is 37.3 Å². The highest BCUT2D eigenvalue weighted by molar-refractivity contribution is 7.11. The predicted octanol–water partition coefficient (Wildman–Crippen LogP) is 4.31. The van der Waals surface area contributed by atoms with Gasteiger partial charge in [0, 0.05) is 19.1 Å². The molecule has 1 amide bonds. The Kier molecular flexibility index (Phi) is 5.99. The third-order valence-corrected chi connectivity index (χ3v) is 5.37. The smallest absolute Gasteiger partial charge is 0.263 e. The summed E-state index contributed by atoms with van der Waals surface area (Å²) < 4.78 is 5.80. The highest BCUT2D eigenvalue weighted by Crippen LogP contribution is 2.36. The maximum Gasteiger partial charge on any atom is 0.263 e. The standard InChI is InChI=1S/C19H24N2O2S/c1-2-23-16(14-8-4-3-5-9-14)12-20-19(22)18-17(21-13-24-18)15-10-6-7-11-15/h3-5,8-9,13,15-16H,2,6-7,10-12H2,1H3,(H,20,22)/t16-/m1/s1. The molecule has 0 aliphatic heterocycles. The molecule has 1 N–H and O–H groups in total. The van der Waals surface area contributed by atoms with Crippen LogP contribution < -0.4 is 5.32 Å². The molecule has 0 radical (unpaired) electrons. The molecule has 1 atom stereocenters. The van der Waals surface area contributed by atoms with Crippen molar-refractivity contribution in [2.75, 3.05) is 13.2 Å².